The summed E-state index contributed by atoms with van der Waals surface area (Å²) in [5.41, 5.74) is -0.446. The maximum absolute atomic E-state index is 11.6. The van der Waals surface area contributed by atoms with Crippen molar-refractivity contribution in [2.45, 2.75) is 50.4 Å². The number of halogens is 1. The lowest BCUT2D eigenvalue weighted by atomic mass is 9.93. The molecule has 0 bridgehead atoms. The molecule has 84 valence electrons. The Bertz CT molecular complexity index is 173. The molecule has 0 heterocycles. The number of hydrogen-bond donors (Lipinski definition) is 2. The van der Waals surface area contributed by atoms with Gasteiger partial charge >= 0.3 is 0 Å². The maximum Gasteiger partial charge on any atom is 0.234 e. The van der Waals surface area contributed by atoms with Gasteiger partial charge in [-0.2, -0.15) is 0 Å². The molecule has 0 aliphatic heterocycles. The van der Waals surface area contributed by atoms with Gasteiger partial charge in [-0.05, 0) is 19.3 Å². The highest BCUT2D eigenvalue weighted by Gasteiger charge is 2.28. The van der Waals surface area contributed by atoms with Gasteiger partial charge in [-0.1, -0.05) is 36.7 Å². The summed E-state index contributed by atoms with van der Waals surface area (Å²) in [4.78, 5) is 11.4. The topological polar surface area (TPSA) is 49.3 Å². The molecule has 4 heteroatoms. The average Bonchev–Trinajstić information content (AvgIpc) is 2.24. The highest BCUT2D eigenvalue weighted by Crippen LogP contribution is 2.16. The van der Waals surface area contributed by atoms with Crippen LogP contribution >= 0.6 is 15.9 Å². The van der Waals surface area contributed by atoms with E-state index in [1.165, 1.54) is 0 Å². The summed E-state index contributed by atoms with van der Waals surface area (Å²) in [6.45, 7) is 5.87. The maximum atomic E-state index is 11.6. The number of aliphatic hydroxyl groups is 1. The molecule has 0 saturated heterocycles. The van der Waals surface area contributed by atoms with E-state index in [1.807, 2.05) is 20.8 Å². The van der Waals surface area contributed by atoms with Crippen LogP contribution in [0.25, 0.3) is 0 Å². The molecule has 0 aliphatic carbocycles. The zero-order chi connectivity index (χ0) is 11.2. The Kier molecular flexibility index (Phi) is 6.36. The van der Waals surface area contributed by atoms with Crippen LogP contribution in [0.15, 0.2) is 0 Å². The van der Waals surface area contributed by atoms with Gasteiger partial charge in [-0.25, -0.2) is 0 Å². The molecule has 0 aromatic carbocycles. The first-order chi connectivity index (χ1) is 6.55. The monoisotopic (exact) mass is 265 g/mol. The van der Waals surface area contributed by atoms with Crippen LogP contribution in [0.1, 0.15) is 40.0 Å². The molecule has 1 atom stereocenters. The lowest BCUT2D eigenvalue weighted by Gasteiger charge is -2.31. The SMILES string of the molecule is CCC(Br)C(=O)NC(CC)(CC)CO. The minimum Gasteiger partial charge on any atom is -0.394 e. The van der Waals surface area contributed by atoms with Crippen molar-refractivity contribution in [1.82, 2.24) is 5.32 Å². The first-order valence-corrected chi connectivity index (χ1v) is 6.03. The Hall–Kier alpha value is -0.0900. The van der Waals surface area contributed by atoms with Crippen molar-refractivity contribution in [3.63, 3.8) is 0 Å². The van der Waals surface area contributed by atoms with E-state index in [0.29, 0.717) is 0 Å². The van der Waals surface area contributed by atoms with E-state index in [-0.39, 0.29) is 17.3 Å². The fraction of sp³-hybridized carbons (Fsp3) is 0.900. The normalized spacial score (nSPS) is 13.8. The zero-order valence-corrected chi connectivity index (χ0v) is 10.7. The first kappa shape index (κ1) is 13.9. The number of alkyl halides is 1. The van der Waals surface area contributed by atoms with E-state index in [0.717, 1.165) is 19.3 Å². The standard InChI is InChI=1S/C10H20BrNO2/c1-4-8(11)9(14)12-10(5-2,6-3)7-13/h8,13H,4-7H2,1-3H3,(H,12,14). The quantitative estimate of drug-likeness (QED) is 0.720. The predicted octanol–water partition coefficient (Wildman–Crippen LogP) is 1.83. The molecular weight excluding hydrogens is 246 g/mol. The third kappa shape index (κ3) is 3.58. The molecule has 0 spiro atoms. The number of nitrogens with one attached hydrogen (secondary N) is 1. The Morgan fingerprint density at radius 1 is 1.43 bits per heavy atom. The minimum atomic E-state index is -0.446. The molecule has 2 N–H and O–H groups in total. The number of aliphatic hydroxyl groups excluding tert-OH is 1. The molecule has 0 rings (SSSR count). The van der Waals surface area contributed by atoms with Crippen molar-refractivity contribution in [2.24, 2.45) is 0 Å². The number of hydrogen-bond acceptors (Lipinski definition) is 2. The van der Waals surface area contributed by atoms with Crippen LogP contribution in [0.5, 0.6) is 0 Å². The van der Waals surface area contributed by atoms with E-state index in [4.69, 9.17) is 0 Å². The molecule has 3 nitrogen and oxygen atoms in total. The molecule has 0 aromatic heterocycles. The second-order valence-electron chi connectivity index (χ2n) is 3.51. The van der Waals surface area contributed by atoms with Crippen LogP contribution in [0.3, 0.4) is 0 Å². The fourth-order valence-corrected chi connectivity index (χ4v) is 1.33. The van der Waals surface area contributed by atoms with Gasteiger partial charge < -0.3 is 10.4 Å². The van der Waals surface area contributed by atoms with Gasteiger partial charge in [0.2, 0.25) is 5.91 Å². The van der Waals surface area contributed by atoms with Gasteiger partial charge in [0.25, 0.3) is 0 Å². The van der Waals surface area contributed by atoms with E-state index in [9.17, 15) is 9.90 Å². The molecule has 0 aromatic rings. The summed E-state index contributed by atoms with van der Waals surface area (Å²) < 4.78 is 0. The summed E-state index contributed by atoms with van der Waals surface area (Å²) in [6.07, 6.45) is 2.24. The third-order valence-corrected chi connectivity index (χ3v) is 3.75. The molecule has 0 radical (unpaired) electrons. The van der Waals surface area contributed by atoms with Gasteiger partial charge in [0.15, 0.2) is 0 Å². The van der Waals surface area contributed by atoms with Crippen LogP contribution in [0.4, 0.5) is 0 Å². The number of carbonyl (C=O) groups excluding carboxylic acids is 1. The lowest BCUT2D eigenvalue weighted by molar-refractivity contribution is -0.123. The molecule has 1 amide bonds. The summed E-state index contributed by atoms with van der Waals surface area (Å²) in [6, 6.07) is 0. The minimum absolute atomic E-state index is 0.00479. The van der Waals surface area contributed by atoms with Gasteiger partial charge in [0.05, 0.1) is 17.0 Å². The van der Waals surface area contributed by atoms with Crippen molar-refractivity contribution < 1.29 is 9.90 Å². The van der Waals surface area contributed by atoms with E-state index < -0.39 is 5.54 Å². The van der Waals surface area contributed by atoms with E-state index >= 15 is 0 Å². The van der Waals surface area contributed by atoms with Crippen LogP contribution < -0.4 is 5.32 Å². The van der Waals surface area contributed by atoms with Crippen LogP contribution in [0.2, 0.25) is 0 Å². The van der Waals surface area contributed by atoms with Gasteiger partial charge in [-0.3, -0.25) is 4.79 Å². The van der Waals surface area contributed by atoms with Gasteiger partial charge in [-0.15, -0.1) is 0 Å². The summed E-state index contributed by atoms with van der Waals surface area (Å²) >= 11 is 3.29. The van der Waals surface area contributed by atoms with Crippen molar-refractivity contribution >= 4 is 21.8 Å². The number of rotatable bonds is 6. The van der Waals surface area contributed by atoms with Crippen LogP contribution in [0, 0.1) is 0 Å². The predicted molar refractivity (Wildman–Crippen MR) is 61.5 cm³/mol. The second-order valence-corrected chi connectivity index (χ2v) is 4.62. The van der Waals surface area contributed by atoms with E-state index in [2.05, 4.69) is 21.2 Å². The molecule has 14 heavy (non-hydrogen) atoms. The van der Waals surface area contributed by atoms with Gasteiger partial charge in [0.1, 0.15) is 0 Å². The lowest BCUT2D eigenvalue weighted by Crippen LogP contribution is -2.52. The van der Waals surface area contributed by atoms with Crippen molar-refractivity contribution in [3.05, 3.63) is 0 Å². The third-order valence-electron chi connectivity index (χ3n) is 2.69. The summed E-state index contributed by atoms with van der Waals surface area (Å²) in [5, 5.41) is 12.1. The number of carbonyl (C=O) groups is 1. The molecule has 0 saturated carbocycles. The van der Waals surface area contributed by atoms with E-state index in [1.54, 1.807) is 0 Å². The van der Waals surface area contributed by atoms with Crippen LogP contribution in [-0.4, -0.2) is 28.0 Å². The second kappa shape index (κ2) is 6.40. The Balaban J connectivity index is 4.37. The molecule has 0 fully saturated rings. The summed E-state index contributed by atoms with van der Waals surface area (Å²) in [7, 11) is 0. The molecular formula is C10H20BrNO2. The average molecular weight is 266 g/mol. The highest BCUT2D eigenvalue weighted by atomic mass is 79.9. The van der Waals surface area contributed by atoms with Gasteiger partial charge in [0, 0.05) is 0 Å². The fourth-order valence-electron chi connectivity index (χ4n) is 1.21. The van der Waals surface area contributed by atoms with Crippen molar-refractivity contribution in [3.8, 4) is 0 Å². The van der Waals surface area contributed by atoms with Crippen molar-refractivity contribution in [2.75, 3.05) is 6.61 Å². The molecule has 1 unspecified atom stereocenters. The summed E-state index contributed by atoms with van der Waals surface area (Å²) in [5.74, 6) is -0.0368. The Labute approximate surface area is 94.4 Å². The molecule has 0 aliphatic rings. The Morgan fingerprint density at radius 2 is 1.93 bits per heavy atom. The first-order valence-electron chi connectivity index (χ1n) is 5.12. The zero-order valence-electron chi connectivity index (χ0n) is 9.14. The van der Waals surface area contributed by atoms with Crippen molar-refractivity contribution in [1.29, 1.82) is 0 Å². The van der Waals surface area contributed by atoms with Crippen LogP contribution in [-0.2, 0) is 4.79 Å². The number of amides is 1. The smallest absolute Gasteiger partial charge is 0.234 e. The Morgan fingerprint density at radius 3 is 2.21 bits per heavy atom. The highest BCUT2D eigenvalue weighted by molar-refractivity contribution is 9.10. The largest absolute Gasteiger partial charge is 0.394 e.